The lowest BCUT2D eigenvalue weighted by Gasteiger charge is -2.29. The van der Waals surface area contributed by atoms with Crippen LogP contribution in [-0.2, 0) is 5.41 Å². The summed E-state index contributed by atoms with van der Waals surface area (Å²) in [5.74, 6) is 0.519. The number of nitrogens with one attached hydrogen (secondary N) is 1. The quantitative estimate of drug-likeness (QED) is 0.793. The van der Waals surface area contributed by atoms with Crippen molar-refractivity contribution in [2.75, 3.05) is 33.9 Å². The van der Waals surface area contributed by atoms with Gasteiger partial charge in [-0.05, 0) is 36.9 Å². The molecular formula is C20H38FN3O. The summed E-state index contributed by atoms with van der Waals surface area (Å²) in [5, 5.41) is 3.07. The van der Waals surface area contributed by atoms with Gasteiger partial charge in [0.05, 0.1) is 7.18 Å². The lowest BCUT2D eigenvalue weighted by atomic mass is 9.76. The van der Waals surface area contributed by atoms with Gasteiger partial charge in [-0.2, -0.15) is 0 Å². The second-order valence-electron chi connectivity index (χ2n) is 6.30. The molecule has 1 rings (SSSR count). The number of carbonyl (C=O) groups excluding carboxylic acids is 1. The summed E-state index contributed by atoms with van der Waals surface area (Å²) in [7, 11) is 2.39. The third-order valence-corrected chi connectivity index (χ3v) is 4.47. The number of carbonyl (C=O) groups is 1. The van der Waals surface area contributed by atoms with Gasteiger partial charge < -0.3 is 10.2 Å². The molecule has 0 fully saturated rings. The summed E-state index contributed by atoms with van der Waals surface area (Å²) in [4.78, 5) is 18.6. The van der Waals surface area contributed by atoms with Crippen LogP contribution in [-0.4, -0.2) is 49.7 Å². The molecule has 0 aliphatic rings. The van der Waals surface area contributed by atoms with E-state index >= 15 is 0 Å². The van der Waals surface area contributed by atoms with Crippen LogP contribution in [0.15, 0.2) is 18.3 Å². The molecule has 0 spiro atoms. The Bertz CT molecular complexity index is 459. The third kappa shape index (κ3) is 7.95. The SMILES string of the molecule is CC.CCN(CCNC)C(=O)c1ccc(C(C)(C)C(C)C)cn1.CF. The van der Waals surface area contributed by atoms with Crippen molar-refractivity contribution >= 4 is 5.91 Å². The van der Waals surface area contributed by atoms with Crippen LogP contribution in [0.2, 0.25) is 0 Å². The largest absolute Gasteiger partial charge is 0.336 e. The second-order valence-corrected chi connectivity index (χ2v) is 6.30. The van der Waals surface area contributed by atoms with Crippen molar-refractivity contribution in [1.29, 1.82) is 0 Å². The van der Waals surface area contributed by atoms with Crippen LogP contribution < -0.4 is 5.32 Å². The molecule has 1 heterocycles. The lowest BCUT2D eigenvalue weighted by molar-refractivity contribution is 0.0760. The molecule has 0 aliphatic carbocycles. The van der Waals surface area contributed by atoms with Gasteiger partial charge in [0.1, 0.15) is 5.69 Å². The monoisotopic (exact) mass is 355 g/mol. The summed E-state index contributed by atoms with van der Waals surface area (Å²) in [5.41, 5.74) is 1.76. The molecule has 4 nitrogen and oxygen atoms in total. The number of amides is 1. The van der Waals surface area contributed by atoms with E-state index < -0.39 is 0 Å². The van der Waals surface area contributed by atoms with E-state index in [2.05, 4.69) is 38.0 Å². The highest BCUT2D eigenvalue weighted by atomic mass is 19.1. The van der Waals surface area contributed by atoms with Crippen molar-refractivity contribution < 1.29 is 9.18 Å². The Balaban J connectivity index is 0. The Morgan fingerprint density at radius 1 is 1.28 bits per heavy atom. The van der Waals surface area contributed by atoms with Gasteiger partial charge in [-0.25, -0.2) is 0 Å². The zero-order valence-electron chi connectivity index (χ0n) is 17.6. The fourth-order valence-electron chi connectivity index (χ4n) is 2.05. The highest BCUT2D eigenvalue weighted by molar-refractivity contribution is 5.92. The number of aromatic nitrogens is 1. The first-order chi connectivity index (χ1) is 11.8. The zero-order chi connectivity index (χ0) is 20.0. The van der Waals surface area contributed by atoms with E-state index in [0.29, 0.717) is 31.9 Å². The molecule has 0 bridgehead atoms. The highest BCUT2D eigenvalue weighted by Crippen LogP contribution is 2.30. The maximum Gasteiger partial charge on any atom is 0.272 e. The van der Waals surface area contributed by atoms with Gasteiger partial charge in [-0.3, -0.25) is 14.2 Å². The maximum absolute atomic E-state index is 12.4. The van der Waals surface area contributed by atoms with Crippen molar-refractivity contribution in [3.63, 3.8) is 0 Å². The fraction of sp³-hybridized carbons (Fsp3) is 0.700. The normalized spacial score (nSPS) is 10.4. The Kier molecular flexibility index (Phi) is 14.2. The maximum atomic E-state index is 12.4. The minimum Gasteiger partial charge on any atom is -0.336 e. The third-order valence-electron chi connectivity index (χ3n) is 4.47. The van der Waals surface area contributed by atoms with E-state index in [-0.39, 0.29) is 11.3 Å². The van der Waals surface area contributed by atoms with Crippen LogP contribution in [0.5, 0.6) is 0 Å². The molecule has 0 aliphatic heterocycles. The van der Waals surface area contributed by atoms with Crippen molar-refractivity contribution in [2.45, 2.75) is 53.9 Å². The number of likely N-dealkylation sites (N-methyl/N-ethyl adjacent to an activating group) is 2. The average Bonchev–Trinajstić information content (AvgIpc) is 2.65. The second kappa shape index (κ2) is 13.8. The first kappa shape index (κ1) is 25.7. The average molecular weight is 356 g/mol. The van der Waals surface area contributed by atoms with Gasteiger partial charge in [-0.1, -0.05) is 47.6 Å². The van der Waals surface area contributed by atoms with Crippen LogP contribution >= 0.6 is 0 Å². The summed E-state index contributed by atoms with van der Waals surface area (Å²) in [6.45, 7) is 17.0. The molecule has 0 radical (unpaired) electrons. The predicted octanol–water partition coefficient (Wildman–Crippen LogP) is 4.31. The Labute approximate surface area is 154 Å². The number of pyridine rings is 1. The zero-order valence-corrected chi connectivity index (χ0v) is 17.6. The van der Waals surface area contributed by atoms with Gasteiger partial charge in [0.25, 0.3) is 5.91 Å². The summed E-state index contributed by atoms with van der Waals surface area (Å²) >= 11 is 0. The summed E-state index contributed by atoms with van der Waals surface area (Å²) in [6.07, 6.45) is 1.85. The number of alkyl halides is 1. The van der Waals surface area contributed by atoms with Crippen LogP contribution in [0, 0.1) is 5.92 Å². The van der Waals surface area contributed by atoms with E-state index in [4.69, 9.17) is 0 Å². The molecule has 0 atom stereocenters. The molecule has 5 heteroatoms. The summed E-state index contributed by atoms with van der Waals surface area (Å²) < 4.78 is 9.50. The Morgan fingerprint density at radius 3 is 2.20 bits per heavy atom. The predicted molar refractivity (Wildman–Crippen MR) is 106 cm³/mol. The van der Waals surface area contributed by atoms with E-state index in [1.165, 1.54) is 5.56 Å². The van der Waals surface area contributed by atoms with E-state index in [1.807, 2.05) is 51.0 Å². The van der Waals surface area contributed by atoms with Crippen LogP contribution in [0.4, 0.5) is 4.39 Å². The molecule has 146 valence electrons. The van der Waals surface area contributed by atoms with E-state index in [9.17, 15) is 9.18 Å². The van der Waals surface area contributed by atoms with Crippen LogP contribution in [0.3, 0.4) is 0 Å². The van der Waals surface area contributed by atoms with Crippen molar-refractivity contribution in [3.05, 3.63) is 29.6 Å². The molecule has 1 aromatic heterocycles. The molecule has 25 heavy (non-hydrogen) atoms. The van der Waals surface area contributed by atoms with E-state index in [1.54, 1.807) is 0 Å². The van der Waals surface area contributed by atoms with Gasteiger partial charge in [-0.15, -0.1) is 0 Å². The highest BCUT2D eigenvalue weighted by Gasteiger charge is 2.25. The minimum absolute atomic E-state index is 0.00153. The molecule has 1 aromatic rings. The molecule has 1 amide bonds. The Hall–Kier alpha value is -1.49. The molecule has 0 aromatic carbocycles. The number of halogens is 1. The van der Waals surface area contributed by atoms with Gasteiger partial charge >= 0.3 is 0 Å². The molecule has 0 saturated carbocycles. The minimum atomic E-state index is 0.00153. The first-order valence-electron chi connectivity index (χ1n) is 9.12. The molecule has 0 saturated heterocycles. The topological polar surface area (TPSA) is 45.2 Å². The number of nitrogens with zero attached hydrogens (tertiary/aromatic N) is 2. The standard InChI is InChI=1S/C17H29N3O.C2H6.CH3F/c1-7-20(11-10-18-6)16(21)15-9-8-14(12-19-15)17(4,5)13(2)3;2*1-2/h8-9,12-13,18H,7,10-11H2,1-6H3;1-2H3;1H3. The number of rotatable bonds is 7. The molecular weight excluding hydrogens is 317 g/mol. The van der Waals surface area contributed by atoms with Gasteiger partial charge in [0.2, 0.25) is 0 Å². The van der Waals surface area contributed by atoms with Crippen molar-refractivity contribution in [2.24, 2.45) is 5.92 Å². The number of hydrogen-bond acceptors (Lipinski definition) is 3. The smallest absolute Gasteiger partial charge is 0.272 e. The van der Waals surface area contributed by atoms with Crippen molar-refractivity contribution in [3.8, 4) is 0 Å². The number of hydrogen-bond donors (Lipinski definition) is 1. The fourth-order valence-corrected chi connectivity index (χ4v) is 2.05. The van der Waals surface area contributed by atoms with Crippen molar-refractivity contribution in [1.82, 2.24) is 15.2 Å². The Morgan fingerprint density at radius 2 is 1.84 bits per heavy atom. The molecule has 1 N–H and O–H groups in total. The summed E-state index contributed by atoms with van der Waals surface area (Å²) in [6, 6.07) is 3.88. The first-order valence-corrected chi connectivity index (χ1v) is 9.12. The lowest BCUT2D eigenvalue weighted by Crippen LogP contribution is -2.36. The van der Waals surface area contributed by atoms with Crippen LogP contribution in [0.1, 0.15) is 64.5 Å². The van der Waals surface area contributed by atoms with Crippen LogP contribution in [0.25, 0.3) is 0 Å². The van der Waals surface area contributed by atoms with E-state index in [0.717, 1.165) is 6.54 Å². The molecule has 0 unspecified atom stereocenters. The van der Waals surface area contributed by atoms with Gasteiger partial charge in [0.15, 0.2) is 0 Å². The van der Waals surface area contributed by atoms with Gasteiger partial charge in [0, 0.05) is 25.8 Å².